The Bertz CT molecular complexity index is 1110. The van der Waals surface area contributed by atoms with Crippen molar-refractivity contribution in [1.82, 2.24) is 4.98 Å². The van der Waals surface area contributed by atoms with Crippen LogP contribution in [-0.2, 0) is 16.4 Å². The Hall–Kier alpha value is -2.00. The molecule has 0 atom stereocenters. The van der Waals surface area contributed by atoms with Crippen molar-refractivity contribution in [3.8, 4) is 0 Å². The highest BCUT2D eigenvalue weighted by Gasteiger charge is 2.17. The van der Waals surface area contributed by atoms with Crippen molar-refractivity contribution >= 4 is 54.2 Å². The molecule has 27 heavy (non-hydrogen) atoms. The van der Waals surface area contributed by atoms with Crippen LogP contribution in [0.25, 0.3) is 10.2 Å². The molecule has 3 aromatic rings. The predicted molar refractivity (Wildman–Crippen MR) is 109 cm³/mol. The van der Waals surface area contributed by atoms with Crippen LogP contribution >= 0.6 is 22.9 Å². The van der Waals surface area contributed by atoms with E-state index in [2.05, 4.69) is 23.3 Å². The van der Waals surface area contributed by atoms with Gasteiger partial charge in [-0.05, 0) is 48.7 Å². The van der Waals surface area contributed by atoms with Crippen molar-refractivity contribution in [3.05, 3.63) is 52.5 Å². The number of hydrogen-bond acceptors (Lipinski definition) is 5. The molecule has 0 aliphatic heterocycles. The third kappa shape index (κ3) is 4.65. The molecule has 0 radical (unpaired) electrons. The Morgan fingerprint density at radius 1 is 1.26 bits per heavy atom. The zero-order valence-corrected chi connectivity index (χ0v) is 16.9. The Kier molecular flexibility index (Phi) is 5.81. The van der Waals surface area contributed by atoms with Gasteiger partial charge < -0.3 is 0 Å². The maximum atomic E-state index is 12.5. The second kappa shape index (κ2) is 7.93. The van der Waals surface area contributed by atoms with Gasteiger partial charge in [0.25, 0.3) is 5.91 Å². The molecule has 0 bridgehead atoms. The lowest BCUT2D eigenvalue weighted by Crippen LogP contribution is -2.16. The number of carbonyl (C=O) groups is 1. The topological polar surface area (TPSA) is 102 Å². The molecule has 1 aromatic heterocycles. The minimum Gasteiger partial charge on any atom is -0.298 e. The van der Waals surface area contributed by atoms with E-state index in [0.29, 0.717) is 5.13 Å². The average Bonchev–Trinajstić information content (AvgIpc) is 3.00. The zero-order chi connectivity index (χ0) is 19.6. The molecule has 0 aliphatic carbocycles. The van der Waals surface area contributed by atoms with E-state index in [9.17, 15) is 13.2 Å². The van der Waals surface area contributed by atoms with E-state index < -0.39 is 15.9 Å². The maximum absolute atomic E-state index is 12.5. The lowest BCUT2D eigenvalue weighted by Gasteiger charge is -2.06. The maximum Gasteiger partial charge on any atom is 0.259 e. The Labute approximate surface area is 166 Å². The van der Waals surface area contributed by atoms with Crippen molar-refractivity contribution in [2.24, 2.45) is 5.14 Å². The molecular formula is C18H18ClN3O3S2. The first-order valence-corrected chi connectivity index (χ1v) is 11.0. The molecule has 3 N–H and O–H groups in total. The summed E-state index contributed by atoms with van der Waals surface area (Å²) >= 11 is 7.40. The molecule has 0 saturated heterocycles. The van der Waals surface area contributed by atoms with Crippen molar-refractivity contribution in [2.75, 3.05) is 5.32 Å². The van der Waals surface area contributed by atoms with Crippen LogP contribution in [-0.4, -0.2) is 19.3 Å². The number of fused-ring (bicyclic) bond motifs is 1. The SMILES string of the molecule is CCCCc1ccc2nc(NC(=O)c3cc(S(N)(=O)=O)ccc3Cl)sc2c1. The molecule has 0 saturated carbocycles. The number of aromatic nitrogens is 1. The molecule has 0 fully saturated rings. The summed E-state index contributed by atoms with van der Waals surface area (Å²) < 4.78 is 24.0. The minimum absolute atomic E-state index is 0.0195. The molecule has 0 spiro atoms. The summed E-state index contributed by atoms with van der Waals surface area (Å²) in [6.07, 6.45) is 3.25. The molecule has 1 heterocycles. The Morgan fingerprint density at radius 2 is 2.04 bits per heavy atom. The van der Waals surface area contributed by atoms with Gasteiger partial charge in [0.15, 0.2) is 5.13 Å². The van der Waals surface area contributed by atoms with Gasteiger partial charge in [0.2, 0.25) is 10.0 Å². The number of amides is 1. The second-order valence-corrected chi connectivity index (χ2v) is 9.06. The summed E-state index contributed by atoms with van der Waals surface area (Å²) in [5.74, 6) is -0.546. The summed E-state index contributed by atoms with van der Waals surface area (Å²) in [6, 6.07) is 9.78. The van der Waals surface area contributed by atoms with Crippen molar-refractivity contribution in [1.29, 1.82) is 0 Å². The number of nitrogens with two attached hydrogens (primary N) is 1. The second-order valence-electron chi connectivity index (χ2n) is 6.07. The molecule has 1 amide bonds. The van der Waals surface area contributed by atoms with Crippen LogP contribution in [0.15, 0.2) is 41.3 Å². The van der Waals surface area contributed by atoms with Gasteiger partial charge >= 0.3 is 0 Å². The van der Waals surface area contributed by atoms with Crippen LogP contribution in [0.5, 0.6) is 0 Å². The summed E-state index contributed by atoms with van der Waals surface area (Å²) in [7, 11) is -3.93. The third-order valence-corrected chi connectivity index (χ3v) is 6.18. The molecule has 2 aromatic carbocycles. The van der Waals surface area contributed by atoms with Crippen LogP contribution < -0.4 is 10.5 Å². The quantitative estimate of drug-likeness (QED) is 0.620. The van der Waals surface area contributed by atoms with Crippen molar-refractivity contribution in [2.45, 2.75) is 31.1 Å². The molecule has 9 heteroatoms. The van der Waals surface area contributed by atoms with Gasteiger partial charge in [-0.1, -0.05) is 42.3 Å². The standard InChI is InChI=1S/C18H18ClN3O3S2/c1-2-3-4-11-5-8-15-16(9-11)26-18(21-15)22-17(23)13-10-12(27(20,24)25)6-7-14(13)19/h5-10H,2-4H2,1H3,(H2,20,24,25)(H,21,22,23). The van der Waals surface area contributed by atoms with E-state index in [1.807, 2.05) is 12.1 Å². The number of anilines is 1. The van der Waals surface area contributed by atoms with E-state index in [1.165, 1.54) is 29.0 Å². The fraction of sp³-hybridized carbons (Fsp3) is 0.222. The molecular weight excluding hydrogens is 406 g/mol. The van der Waals surface area contributed by atoms with Gasteiger partial charge in [0.1, 0.15) is 0 Å². The van der Waals surface area contributed by atoms with Gasteiger partial charge in [0.05, 0.1) is 25.7 Å². The van der Waals surface area contributed by atoms with Crippen molar-refractivity contribution in [3.63, 3.8) is 0 Å². The number of hydrogen-bond donors (Lipinski definition) is 2. The van der Waals surface area contributed by atoms with E-state index >= 15 is 0 Å². The largest absolute Gasteiger partial charge is 0.298 e. The van der Waals surface area contributed by atoms with Crippen molar-refractivity contribution < 1.29 is 13.2 Å². The van der Waals surface area contributed by atoms with Gasteiger partial charge in [-0.25, -0.2) is 18.5 Å². The minimum atomic E-state index is -3.93. The number of benzene rings is 2. The number of thiazole rings is 1. The summed E-state index contributed by atoms with van der Waals surface area (Å²) in [6.45, 7) is 2.15. The van der Waals surface area contributed by atoms with Gasteiger partial charge in [-0.3, -0.25) is 10.1 Å². The van der Waals surface area contributed by atoms with Crippen LogP contribution in [0.3, 0.4) is 0 Å². The summed E-state index contributed by atoms with van der Waals surface area (Å²) in [4.78, 5) is 16.8. The Morgan fingerprint density at radius 3 is 2.74 bits per heavy atom. The molecule has 6 nitrogen and oxygen atoms in total. The highest BCUT2D eigenvalue weighted by molar-refractivity contribution is 7.89. The molecule has 3 rings (SSSR count). The van der Waals surface area contributed by atoms with Gasteiger partial charge in [0, 0.05) is 0 Å². The Balaban J connectivity index is 1.85. The monoisotopic (exact) mass is 423 g/mol. The number of primary sulfonamides is 1. The fourth-order valence-corrected chi connectivity index (χ4v) is 4.25. The fourth-order valence-electron chi connectivity index (χ4n) is 2.58. The number of carbonyl (C=O) groups excluding carboxylic acids is 1. The lowest BCUT2D eigenvalue weighted by atomic mass is 10.1. The summed E-state index contributed by atoms with van der Waals surface area (Å²) in [5.41, 5.74) is 2.04. The number of nitrogens with one attached hydrogen (secondary N) is 1. The smallest absolute Gasteiger partial charge is 0.259 e. The highest BCUT2D eigenvalue weighted by atomic mass is 35.5. The van der Waals surface area contributed by atoms with Gasteiger partial charge in [-0.2, -0.15) is 0 Å². The first kappa shape index (κ1) is 19.8. The highest BCUT2D eigenvalue weighted by Crippen LogP contribution is 2.28. The first-order chi connectivity index (χ1) is 12.8. The number of rotatable bonds is 6. The summed E-state index contributed by atoms with van der Waals surface area (Å²) in [5, 5.41) is 8.34. The van der Waals surface area contributed by atoms with Crippen LogP contribution in [0, 0.1) is 0 Å². The molecule has 142 valence electrons. The van der Waals surface area contributed by atoms with Crippen LogP contribution in [0.2, 0.25) is 5.02 Å². The number of nitrogens with zero attached hydrogens (tertiary/aromatic N) is 1. The zero-order valence-electron chi connectivity index (χ0n) is 14.5. The number of unbranched alkanes of at least 4 members (excludes halogenated alkanes) is 1. The van der Waals surface area contributed by atoms with E-state index in [0.717, 1.165) is 35.5 Å². The van der Waals surface area contributed by atoms with Gasteiger partial charge in [-0.15, -0.1) is 0 Å². The van der Waals surface area contributed by atoms with Crippen LogP contribution in [0.4, 0.5) is 5.13 Å². The van der Waals surface area contributed by atoms with Crippen LogP contribution in [0.1, 0.15) is 35.7 Å². The average molecular weight is 424 g/mol. The lowest BCUT2D eigenvalue weighted by molar-refractivity contribution is 0.102. The third-order valence-electron chi connectivity index (χ3n) is 4.00. The molecule has 0 aliphatic rings. The molecule has 0 unspecified atom stereocenters. The number of aryl methyl sites for hydroxylation is 1. The first-order valence-electron chi connectivity index (χ1n) is 8.31. The van der Waals surface area contributed by atoms with E-state index in [1.54, 1.807) is 0 Å². The normalized spacial score (nSPS) is 11.7. The number of halogens is 1. The number of sulfonamides is 1. The predicted octanol–water partition coefficient (Wildman–Crippen LogP) is 4.19. The van der Waals surface area contributed by atoms with E-state index in [4.69, 9.17) is 16.7 Å². The van der Waals surface area contributed by atoms with E-state index in [-0.39, 0.29) is 15.5 Å².